The van der Waals surface area contributed by atoms with E-state index in [1.165, 1.54) is 0 Å². The van der Waals surface area contributed by atoms with Gasteiger partial charge < -0.3 is 15.1 Å². The fourth-order valence-electron chi connectivity index (χ4n) is 2.06. The summed E-state index contributed by atoms with van der Waals surface area (Å²) in [5, 5.41) is 3.16. The number of likely N-dealkylation sites (N-methyl/N-ethyl adjacent to an activating group) is 1. The molecule has 2 aliphatic rings. The summed E-state index contributed by atoms with van der Waals surface area (Å²) in [6, 6.07) is -0.0544. The van der Waals surface area contributed by atoms with E-state index >= 15 is 0 Å². The summed E-state index contributed by atoms with van der Waals surface area (Å²) < 4.78 is 0. The molecule has 5 heteroatoms. The fourth-order valence-corrected chi connectivity index (χ4v) is 2.06. The van der Waals surface area contributed by atoms with Crippen LogP contribution < -0.4 is 5.32 Å². The highest BCUT2D eigenvalue weighted by atomic mass is 16.2. The van der Waals surface area contributed by atoms with Gasteiger partial charge in [0.1, 0.15) is 0 Å². The summed E-state index contributed by atoms with van der Waals surface area (Å²) in [5.41, 5.74) is 0. The normalized spacial score (nSPS) is 27.3. The van der Waals surface area contributed by atoms with Gasteiger partial charge in [-0.1, -0.05) is 0 Å². The molecule has 84 valence electrons. The van der Waals surface area contributed by atoms with Crippen LogP contribution in [-0.4, -0.2) is 60.9 Å². The highest BCUT2D eigenvalue weighted by Crippen LogP contribution is 2.10. The number of amides is 2. The molecule has 5 nitrogen and oxygen atoms in total. The average molecular weight is 211 g/mol. The van der Waals surface area contributed by atoms with Crippen molar-refractivity contribution in [3.05, 3.63) is 0 Å². The molecule has 2 rings (SSSR count). The van der Waals surface area contributed by atoms with Gasteiger partial charge in [0.15, 0.2) is 0 Å². The molecule has 15 heavy (non-hydrogen) atoms. The molecule has 0 aliphatic carbocycles. The van der Waals surface area contributed by atoms with Crippen LogP contribution >= 0.6 is 0 Å². The van der Waals surface area contributed by atoms with Crippen LogP contribution in [0.15, 0.2) is 0 Å². The van der Waals surface area contributed by atoms with Gasteiger partial charge in [-0.05, 0) is 19.4 Å². The Hall–Kier alpha value is -1.10. The largest absolute Gasteiger partial charge is 0.342 e. The third kappa shape index (κ3) is 2.12. The Bertz CT molecular complexity index is 274. The van der Waals surface area contributed by atoms with E-state index in [9.17, 15) is 9.59 Å². The lowest BCUT2D eigenvalue weighted by atomic mass is 10.2. The Morgan fingerprint density at radius 1 is 1.47 bits per heavy atom. The number of carbonyl (C=O) groups is 2. The second-order valence-corrected chi connectivity index (χ2v) is 4.22. The van der Waals surface area contributed by atoms with Crippen LogP contribution in [0.25, 0.3) is 0 Å². The van der Waals surface area contributed by atoms with Crippen molar-refractivity contribution >= 4 is 11.8 Å². The summed E-state index contributed by atoms with van der Waals surface area (Å²) in [5.74, 6) is 0.126. The number of hydrogen-bond donors (Lipinski definition) is 1. The predicted molar refractivity (Wildman–Crippen MR) is 55.2 cm³/mol. The monoisotopic (exact) mass is 211 g/mol. The highest BCUT2D eigenvalue weighted by Gasteiger charge is 2.30. The van der Waals surface area contributed by atoms with E-state index in [1.54, 1.807) is 16.8 Å². The van der Waals surface area contributed by atoms with Gasteiger partial charge in [0.2, 0.25) is 11.8 Å². The minimum atomic E-state index is -0.0544. The van der Waals surface area contributed by atoms with Crippen molar-refractivity contribution in [2.24, 2.45) is 0 Å². The van der Waals surface area contributed by atoms with Gasteiger partial charge in [-0.25, -0.2) is 0 Å². The van der Waals surface area contributed by atoms with Gasteiger partial charge in [0.05, 0.1) is 12.6 Å². The zero-order chi connectivity index (χ0) is 10.8. The van der Waals surface area contributed by atoms with E-state index in [0.29, 0.717) is 13.1 Å². The Balaban J connectivity index is 1.93. The quantitative estimate of drug-likeness (QED) is 0.608. The number of nitrogens with zero attached hydrogens (tertiary/aromatic N) is 2. The molecular formula is C10H17N3O2. The number of nitrogens with one attached hydrogen (secondary N) is 1. The molecule has 0 aromatic heterocycles. The lowest BCUT2D eigenvalue weighted by Gasteiger charge is -2.33. The summed E-state index contributed by atoms with van der Waals surface area (Å²) in [4.78, 5) is 26.7. The Kier molecular flexibility index (Phi) is 2.90. The molecule has 1 atom stereocenters. The van der Waals surface area contributed by atoms with Crippen molar-refractivity contribution in [3.63, 3.8) is 0 Å². The molecule has 2 aliphatic heterocycles. The first-order valence-electron chi connectivity index (χ1n) is 5.44. The number of piperazine rings is 1. The third-order valence-corrected chi connectivity index (χ3v) is 3.13. The molecule has 0 bridgehead atoms. The first-order valence-corrected chi connectivity index (χ1v) is 5.44. The summed E-state index contributed by atoms with van der Waals surface area (Å²) in [6.07, 6.45) is 1.96. The molecule has 2 fully saturated rings. The van der Waals surface area contributed by atoms with E-state index in [1.807, 2.05) is 0 Å². The van der Waals surface area contributed by atoms with Crippen molar-refractivity contribution < 1.29 is 9.59 Å². The van der Waals surface area contributed by atoms with E-state index in [0.717, 1.165) is 19.4 Å². The van der Waals surface area contributed by atoms with Crippen LogP contribution in [-0.2, 0) is 9.59 Å². The first-order chi connectivity index (χ1) is 7.18. The molecule has 0 aromatic carbocycles. The maximum Gasteiger partial charge on any atom is 0.241 e. The van der Waals surface area contributed by atoms with E-state index in [4.69, 9.17) is 0 Å². The third-order valence-electron chi connectivity index (χ3n) is 3.13. The SMILES string of the molecule is CN1CCN(C(=O)C2CCCN2)CC1=O. The van der Waals surface area contributed by atoms with E-state index < -0.39 is 0 Å². The first kappa shape index (κ1) is 10.4. The van der Waals surface area contributed by atoms with Gasteiger partial charge in [-0.15, -0.1) is 0 Å². The molecule has 2 saturated heterocycles. The van der Waals surface area contributed by atoms with E-state index in [-0.39, 0.29) is 24.4 Å². The molecule has 2 amide bonds. The second-order valence-electron chi connectivity index (χ2n) is 4.22. The summed E-state index contributed by atoms with van der Waals surface area (Å²) in [7, 11) is 1.78. The molecular weight excluding hydrogens is 194 g/mol. The molecule has 0 aromatic rings. The van der Waals surface area contributed by atoms with Crippen molar-refractivity contribution in [3.8, 4) is 0 Å². The lowest BCUT2D eigenvalue weighted by Crippen LogP contribution is -2.54. The zero-order valence-corrected chi connectivity index (χ0v) is 9.03. The maximum absolute atomic E-state index is 11.9. The van der Waals surface area contributed by atoms with Gasteiger partial charge >= 0.3 is 0 Å². The standard InChI is InChI=1S/C10H17N3O2/c1-12-5-6-13(7-9(12)14)10(15)8-3-2-4-11-8/h8,11H,2-7H2,1H3. The Morgan fingerprint density at radius 3 is 2.87 bits per heavy atom. The number of carbonyl (C=O) groups excluding carboxylic acids is 2. The predicted octanol–water partition coefficient (Wildman–Crippen LogP) is -0.961. The average Bonchev–Trinajstić information content (AvgIpc) is 2.74. The smallest absolute Gasteiger partial charge is 0.241 e. The van der Waals surface area contributed by atoms with Crippen LogP contribution in [0.5, 0.6) is 0 Å². The van der Waals surface area contributed by atoms with Crippen molar-refractivity contribution in [2.45, 2.75) is 18.9 Å². The lowest BCUT2D eigenvalue weighted by molar-refractivity contribution is -0.145. The number of hydrogen-bond acceptors (Lipinski definition) is 3. The topological polar surface area (TPSA) is 52.6 Å². The van der Waals surface area contributed by atoms with Crippen molar-refractivity contribution in [1.82, 2.24) is 15.1 Å². The van der Waals surface area contributed by atoms with Gasteiger partial charge in [-0.3, -0.25) is 9.59 Å². The van der Waals surface area contributed by atoms with Crippen LogP contribution in [0.3, 0.4) is 0 Å². The van der Waals surface area contributed by atoms with Crippen molar-refractivity contribution in [1.29, 1.82) is 0 Å². The van der Waals surface area contributed by atoms with Crippen LogP contribution in [0.2, 0.25) is 0 Å². The van der Waals surface area contributed by atoms with Crippen LogP contribution in [0.4, 0.5) is 0 Å². The summed E-state index contributed by atoms with van der Waals surface area (Å²) in [6.45, 7) is 2.47. The molecule has 2 heterocycles. The van der Waals surface area contributed by atoms with Crippen molar-refractivity contribution in [2.75, 3.05) is 33.2 Å². The number of rotatable bonds is 1. The highest BCUT2D eigenvalue weighted by molar-refractivity contribution is 5.88. The molecule has 1 unspecified atom stereocenters. The van der Waals surface area contributed by atoms with Gasteiger partial charge in [0.25, 0.3) is 0 Å². The molecule has 0 spiro atoms. The maximum atomic E-state index is 11.9. The summed E-state index contributed by atoms with van der Waals surface area (Å²) >= 11 is 0. The van der Waals surface area contributed by atoms with Crippen LogP contribution in [0, 0.1) is 0 Å². The zero-order valence-electron chi connectivity index (χ0n) is 9.03. The van der Waals surface area contributed by atoms with Gasteiger partial charge in [0, 0.05) is 20.1 Å². The molecule has 0 saturated carbocycles. The molecule has 0 radical (unpaired) electrons. The van der Waals surface area contributed by atoms with E-state index in [2.05, 4.69) is 5.32 Å². The Morgan fingerprint density at radius 2 is 2.27 bits per heavy atom. The molecule has 1 N–H and O–H groups in total. The minimum Gasteiger partial charge on any atom is -0.342 e. The van der Waals surface area contributed by atoms with Gasteiger partial charge in [-0.2, -0.15) is 0 Å². The Labute approximate surface area is 89.4 Å². The second kappa shape index (κ2) is 4.18. The fraction of sp³-hybridized carbons (Fsp3) is 0.800. The minimum absolute atomic E-state index is 0.0348. The van der Waals surface area contributed by atoms with Crippen LogP contribution in [0.1, 0.15) is 12.8 Å².